The number of hydrogen-bond acceptors (Lipinski definition) is 5. The third-order valence-corrected chi connectivity index (χ3v) is 6.43. The normalized spacial score (nSPS) is 18.4. The van der Waals surface area contributed by atoms with Crippen LogP contribution in [0.5, 0.6) is 5.75 Å². The van der Waals surface area contributed by atoms with Crippen LogP contribution in [0, 0.1) is 5.92 Å². The predicted molar refractivity (Wildman–Crippen MR) is 127 cm³/mol. The lowest BCUT2D eigenvalue weighted by Gasteiger charge is -2.26. The second-order valence-electron chi connectivity index (χ2n) is 8.90. The molecule has 0 radical (unpaired) electrons. The van der Waals surface area contributed by atoms with Gasteiger partial charge in [0.2, 0.25) is 0 Å². The maximum absolute atomic E-state index is 13.0. The zero-order chi connectivity index (χ0) is 22.9. The number of nitrogens with one attached hydrogen (secondary N) is 1. The number of aryl methyl sites for hydroxylation is 1. The minimum atomic E-state index is -0.299. The van der Waals surface area contributed by atoms with Gasteiger partial charge in [0.25, 0.3) is 5.91 Å². The van der Waals surface area contributed by atoms with Crippen molar-refractivity contribution in [3.8, 4) is 17.0 Å². The molecule has 170 valence electrons. The molecule has 0 unspecified atom stereocenters. The van der Waals surface area contributed by atoms with Gasteiger partial charge in [-0.15, -0.1) is 0 Å². The third-order valence-electron chi connectivity index (χ3n) is 6.43. The number of anilines is 1. The summed E-state index contributed by atoms with van der Waals surface area (Å²) in [4.78, 5) is 17.5. The molecular weight excluding hydrogens is 416 g/mol. The lowest BCUT2D eigenvalue weighted by molar-refractivity contribution is 0.102. The van der Waals surface area contributed by atoms with Crippen molar-refractivity contribution in [2.45, 2.75) is 38.6 Å². The van der Waals surface area contributed by atoms with E-state index in [0.717, 1.165) is 35.2 Å². The van der Waals surface area contributed by atoms with Gasteiger partial charge in [-0.3, -0.25) is 14.2 Å². The molecule has 0 spiro atoms. The molecule has 3 heterocycles. The summed E-state index contributed by atoms with van der Waals surface area (Å²) in [5.74, 6) is 1.06. The highest BCUT2D eigenvalue weighted by Crippen LogP contribution is 2.35. The van der Waals surface area contributed by atoms with Crippen molar-refractivity contribution in [1.29, 1.82) is 0 Å². The first-order valence-electron chi connectivity index (χ1n) is 11.3. The monoisotopic (exact) mass is 444 g/mol. The average Bonchev–Trinajstić information content (AvgIpc) is 3.45. The number of ether oxygens (including phenoxy) is 1. The molecule has 0 saturated heterocycles. The van der Waals surface area contributed by atoms with E-state index >= 15 is 0 Å². The molecule has 0 bridgehead atoms. The average molecular weight is 445 g/mol. The smallest absolute Gasteiger partial charge is 0.274 e. The predicted octanol–water partition coefficient (Wildman–Crippen LogP) is 4.84. The van der Waals surface area contributed by atoms with E-state index < -0.39 is 0 Å². The Morgan fingerprint density at radius 1 is 1.15 bits per heavy atom. The van der Waals surface area contributed by atoms with Crippen molar-refractivity contribution in [2.75, 3.05) is 12.4 Å². The molecule has 1 amide bonds. The van der Waals surface area contributed by atoms with E-state index in [2.05, 4.69) is 33.2 Å². The van der Waals surface area contributed by atoms with Crippen LogP contribution < -0.4 is 10.1 Å². The van der Waals surface area contributed by atoms with Crippen LogP contribution in [0.2, 0.25) is 0 Å². The standard InChI is InChI=1S/C25H28N6O2/c1-16-7-9-19(10-8-16)31-15-17-11-23(24(33-3)12-22(17)29-31)28-25(32)21-6-4-5-20(27-21)18-13-26-30(2)14-18/h4-6,11-16,19H,7-10H2,1-3H3,(H,28,32)/t16-,19-. The summed E-state index contributed by atoms with van der Waals surface area (Å²) in [5.41, 5.74) is 3.34. The van der Waals surface area contributed by atoms with Crippen molar-refractivity contribution < 1.29 is 9.53 Å². The Morgan fingerprint density at radius 3 is 2.70 bits per heavy atom. The van der Waals surface area contributed by atoms with Gasteiger partial charge in [0.05, 0.1) is 36.2 Å². The summed E-state index contributed by atoms with van der Waals surface area (Å²) >= 11 is 0. The Bertz CT molecular complexity index is 1300. The molecule has 0 aliphatic heterocycles. The molecule has 33 heavy (non-hydrogen) atoms. The molecule has 8 heteroatoms. The zero-order valence-electron chi connectivity index (χ0n) is 19.2. The fourth-order valence-electron chi connectivity index (χ4n) is 4.49. The fraction of sp³-hybridized carbons (Fsp3) is 0.360. The van der Waals surface area contributed by atoms with Crippen molar-refractivity contribution in [1.82, 2.24) is 24.5 Å². The molecule has 3 aromatic heterocycles. The second kappa shape index (κ2) is 8.69. The molecule has 1 aromatic carbocycles. The number of pyridine rings is 1. The minimum Gasteiger partial charge on any atom is -0.494 e. The number of carbonyl (C=O) groups excluding carboxylic acids is 1. The largest absolute Gasteiger partial charge is 0.494 e. The highest BCUT2D eigenvalue weighted by atomic mass is 16.5. The van der Waals surface area contributed by atoms with Crippen LogP contribution >= 0.6 is 0 Å². The maximum Gasteiger partial charge on any atom is 0.274 e. The topological polar surface area (TPSA) is 86.9 Å². The van der Waals surface area contributed by atoms with E-state index in [-0.39, 0.29) is 5.91 Å². The zero-order valence-corrected chi connectivity index (χ0v) is 19.2. The lowest BCUT2D eigenvalue weighted by atomic mass is 9.87. The molecule has 1 N–H and O–H groups in total. The summed E-state index contributed by atoms with van der Waals surface area (Å²) in [6.45, 7) is 2.32. The van der Waals surface area contributed by atoms with Crippen molar-refractivity contribution in [3.63, 3.8) is 0 Å². The lowest BCUT2D eigenvalue weighted by Crippen LogP contribution is -2.16. The summed E-state index contributed by atoms with van der Waals surface area (Å²) in [6.07, 6.45) is 10.4. The van der Waals surface area contributed by atoms with E-state index in [1.807, 2.05) is 37.5 Å². The summed E-state index contributed by atoms with van der Waals surface area (Å²) < 4.78 is 9.35. The van der Waals surface area contributed by atoms with Crippen LogP contribution in [0.3, 0.4) is 0 Å². The second-order valence-corrected chi connectivity index (χ2v) is 8.90. The van der Waals surface area contributed by atoms with E-state index in [0.29, 0.717) is 28.9 Å². The SMILES string of the molecule is COc1cc2nn([C@H]3CC[C@H](C)CC3)cc2cc1NC(=O)c1cccc(-c2cnn(C)c2)n1. The minimum absolute atomic E-state index is 0.299. The molecule has 8 nitrogen and oxygen atoms in total. The van der Waals surface area contributed by atoms with Gasteiger partial charge in [0, 0.05) is 36.5 Å². The Morgan fingerprint density at radius 2 is 1.97 bits per heavy atom. The van der Waals surface area contributed by atoms with Gasteiger partial charge in [0.1, 0.15) is 11.4 Å². The van der Waals surface area contributed by atoms with E-state index in [9.17, 15) is 4.79 Å². The van der Waals surface area contributed by atoms with Gasteiger partial charge in [-0.1, -0.05) is 13.0 Å². The molecule has 1 aliphatic rings. The van der Waals surface area contributed by atoms with Crippen molar-refractivity contribution in [3.05, 3.63) is 54.6 Å². The summed E-state index contributed by atoms with van der Waals surface area (Å²) in [6, 6.07) is 9.61. The number of fused-ring (bicyclic) bond motifs is 1. The van der Waals surface area contributed by atoms with Crippen LogP contribution in [0.4, 0.5) is 5.69 Å². The fourth-order valence-corrected chi connectivity index (χ4v) is 4.49. The number of methoxy groups -OCH3 is 1. The molecule has 1 saturated carbocycles. The van der Waals surface area contributed by atoms with Crippen LogP contribution in [-0.2, 0) is 7.05 Å². The van der Waals surface area contributed by atoms with E-state index in [4.69, 9.17) is 9.84 Å². The van der Waals surface area contributed by atoms with Gasteiger partial charge in [0.15, 0.2) is 0 Å². The van der Waals surface area contributed by atoms with E-state index in [1.165, 1.54) is 12.8 Å². The van der Waals surface area contributed by atoms with Crippen molar-refractivity contribution in [2.24, 2.45) is 13.0 Å². The third kappa shape index (κ3) is 4.33. The first-order chi connectivity index (χ1) is 16.0. The number of carbonyl (C=O) groups is 1. The van der Waals surface area contributed by atoms with Crippen LogP contribution in [0.25, 0.3) is 22.2 Å². The molecule has 0 atom stereocenters. The highest BCUT2D eigenvalue weighted by Gasteiger charge is 2.21. The highest BCUT2D eigenvalue weighted by molar-refractivity contribution is 6.05. The summed E-state index contributed by atoms with van der Waals surface area (Å²) in [7, 11) is 3.44. The number of aromatic nitrogens is 5. The quantitative estimate of drug-likeness (QED) is 0.476. The van der Waals surface area contributed by atoms with Crippen LogP contribution in [0.1, 0.15) is 49.1 Å². The van der Waals surface area contributed by atoms with Gasteiger partial charge < -0.3 is 10.1 Å². The van der Waals surface area contributed by atoms with Gasteiger partial charge in [-0.25, -0.2) is 4.98 Å². The number of amides is 1. The molecule has 1 fully saturated rings. The van der Waals surface area contributed by atoms with Gasteiger partial charge in [-0.05, 0) is 49.8 Å². The number of hydrogen-bond donors (Lipinski definition) is 1. The van der Waals surface area contributed by atoms with Crippen LogP contribution in [-0.4, -0.2) is 37.6 Å². The first-order valence-corrected chi connectivity index (χ1v) is 11.3. The van der Waals surface area contributed by atoms with E-state index in [1.54, 1.807) is 24.1 Å². The summed E-state index contributed by atoms with van der Waals surface area (Å²) in [5, 5.41) is 12.9. The molecule has 5 rings (SSSR count). The number of nitrogens with zero attached hydrogens (tertiary/aromatic N) is 5. The first kappa shape index (κ1) is 21.2. The van der Waals surface area contributed by atoms with Crippen LogP contribution in [0.15, 0.2) is 48.9 Å². The number of benzene rings is 1. The Balaban J connectivity index is 1.40. The maximum atomic E-state index is 13.0. The molecule has 4 aromatic rings. The molecule has 1 aliphatic carbocycles. The Labute approximate surface area is 192 Å². The van der Waals surface area contributed by atoms with Gasteiger partial charge >= 0.3 is 0 Å². The Kier molecular flexibility index (Phi) is 5.58. The molecular formula is C25H28N6O2. The van der Waals surface area contributed by atoms with Gasteiger partial charge in [-0.2, -0.15) is 10.2 Å². The Hall–Kier alpha value is -3.68. The number of rotatable bonds is 5. The van der Waals surface area contributed by atoms with Crippen molar-refractivity contribution >= 4 is 22.5 Å².